The molecule has 1 aliphatic rings. The SMILES string of the molecule is CCNC(=NCC(O)COc1cccc(C)c1)NC1CCN(c2cccc(C)n2)CC1.I. The molecule has 1 unspecified atom stereocenters. The summed E-state index contributed by atoms with van der Waals surface area (Å²) in [7, 11) is 0. The number of aliphatic imine (C=N–C) groups is 1. The molecule has 1 atom stereocenters. The molecule has 2 aromatic rings. The summed E-state index contributed by atoms with van der Waals surface area (Å²) >= 11 is 0. The smallest absolute Gasteiger partial charge is 0.191 e. The molecule has 1 aliphatic heterocycles. The average molecular weight is 553 g/mol. The van der Waals surface area contributed by atoms with Crippen molar-refractivity contribution in [3.05, 3.63) is 53.7 Å². The van der Waals surface area contributed by atoms with Crippen LogP contribution in [0.5, 0.6) is 5.75 Å². The van der Waals surface area contributed by atoms with Gasteiger partial charge in [-0.25, -0.2) is 4.98 Å². The van der Waals surface area contributed by atoms with E-state index in [0.29, 0.717) is 6.04 Å². The van der Waals surface area contributed by atoms with E-state index in [0.717, 1.165) is 61.3 Å². The van der Waals surface area contributed by atoms with Gasteiger partial charge in [-0.3, -0.25) is 4.99 Å². The van der Waals surface area contributed by atoms with E-state index in [1.165, 1.54) is 0 Å². The summed E-state index contributed by atoms with van der Waals surface area (Å²) < 4.78 is 5.68. The first-order valence-electron chi connectivity index (χ1n) is 11.1. The summed E-state index contributed by atoms with van der Waals surface area (Å²) in [4.78, 5) is 11.5. The van der Waals surface area contributed by atoms with Crippen LogP contribution in [0.25, 0.3) is 0 Å². The average Bonchev–Trinajstić information content (AvgIpc) is 2.77. The molecule has 8 heteroatoms. The van der Waals surface area contributed by atoms with Crippen LogP contribution in [0.1, 0.15) is 31.0 Å². The molecule has 1 fully saturated rings. The largest absolute Gasteiger partial charge is 0.491 e. The van der Waals surface area contributed by atoms with Gasteiger partial charge in [0.25, 0.3) is 0 Å². The maximum atomic E-state index is 10.3. The highest BCUT2D eigenvalue weighted by Gasteiger charge is 2.21. The highest BCUT2D eigenvalue weighted by atomic mass is 127. The number of rotatable bonds is 8. The summed E-state index contributed by atoms with van der Waals surface area (Å²) in [5.74, 6) is 2.56. The van der Waals surface area contributed by atoms with Crippen LogP contribution in [0.4, 0.5) is 5.82 Å². The molecule has 0 spiro atoms. The predicted molar refractivity (Wildman–Crippen MR) is 141 cm³/mol. The van der Waals surface area contributed by atoms with E-state index in [9.17, 15) is 5.11 Å². The molecule has 3 N–H and O–H groups in total. The van der Waals surface area contributed by atoms with Gasteiger partial charge in [0.15, 0.2) is 5.96 Å². The minimum atomic E-state index is -0.662. The Kier molecular flexibility index (Phi) is 11.0. The lowest BCUT2D eigenvalue weighted by atomic mass is 10.1. The number of guanidine groups is 1. The van der Waals surface area contributed by atoms with E-state index in [2.05, 4.69) is 37.6 Å². The van der Waals surface area contributed by atoms with E-state index in [1.807, 2.05) is 51.1 Å². The number of ether oxygens (including phenoxy) is 1. The molecular formula is C24H36IN5O2. The summed E-state index contributed by atoms with van der Waals surface area (Å²) in [6, 6.07) is 14.3. The second-order valence-electron chi connectivity index (χ2n) is 8.04. The van der Waals surface area contributed by atoms with Crippen LogP contribution in [-0.2, 0) is 0 Å². The predicted octanol–water partition coefficient (Wildman–Crippen LogP) is 3.28. The molecule has 7 nitrogen and oxygen atoms in total. The molecule has 2 heterocycles. The van der Waals surface area contributed by atoms with Crippen LogP contribution in [0.3, 0.4) is 0 Å². The number of piperidine rings is 1. The lowest BCUT2D eigenvalue weighted by Crippen LogP contribution is -2.49. The number of aliphatic hydroxyl groups is 1. The lowest BCUT2D eigenvalue weighted by molar-refractivity contribution is 0.114. The fourth-order valence-corrected chi connectivity index (χ4v) is 3.62. The van der Waals surface area contributed by atoms with Gasteiger partial charge in [-0.05, 0) is 63.4 Å². The van der Waals surface area contributed by atoms with Crippen molar-refractivity contribution in [1.82, 2.24) is 15.6 Å². The third-order valence-corrected chi connectivity index (χ3v) is 5.27. The Morgan fingerprint density at radius 3 is 2.66 bits per heavy atom. The van der Waals surface area contributed by atoms with Crippen LogP contribution >= 0.6 is 24.0 Å². The van der Waals surface area contributed by atoms with Crippen molar-refractivity contribution in [2.24, 2.45) is 4.99 Å². The first-order chi connectivity index (χ1) is 15.0. The maximum absolute atomic E-state index is 10.3. The molecule has 176 valence electrons. The maximum Gasteiger partial charge on any atom is 0.191 e. The van der Waals surface area contributed by atoms with Gasteiger partial charge >= 0.3 is 0 Å². The van der Waals surface area contributed by atoms with Crippen molar-refractivity contribution in [2.45, 2.75) is 45.8 Å². The van der Waals surface area contributed by atoms with Gasteiger partial charge in [-0.15, -0.1) is 24.0 Å². The number of aliphatic hydroxyl groups excluding tert-OH is 1. The van der Waals surface area contributed by atoms with Crippen molar-refractivity contribution < 1.29 is 9.84 Å². The monoisotopic (exact) mass is 553 g/mol. The van der Waals surface area contributed by atoms with Crippen LogP contribution in [0.2, 0.25) is 0 Å². The molecule has 1 aromatic carbocycles. The third-order valence-electron chi connectivity index (χ3n) is 5.27. The van der Waals surface area contributed by atoms with Gasteiger partial charge in [0.05, 0.1) is 6.54 Å². The zero-order valence-corrected chi connectivity index (χ0v) is 21.6. The van der Waals surface area contributed by atoms with Crippen LogP contribution in [0.15, 0.2) is 47.5 Å². The second kappa shape index (κ2) is 13.5. The molecule has 3 rings (SSSR count). The van der Waals surface area contributed by atoms with Gasteiger partial charge in [0.1, 0.15) is 24.3 Å². The fourth-order valence-electron chi connectivity index (χ4n) is 3.62. The molecule has 1 saturated heterocycles. The normalized spacial score (nSPS) is 15.6. The Morgan fingerprint density at radius 1 is 1.22 bits per heavy atom. The number of nitrogens with one attached hydrogen (secondary N) is 2. The highest BCUT2D eigenvalue weighted by Crippen LogP contribution is 2.18. The van der Waals surface area contributed by atoms with Crippen LogP contribution in [-0.4, -0.2) is 61.0 Å². The molecule has 0 bridgehead atoms. The van der Waals surface area contributed by atoms with Crippen LogP contribution in [0, 0.1) is 13.8 Å². The zero-order valence-electron chi connectivity index (χ0n) is 19.3. The summed E-state index contributed by atoms with van der Waals surface area (Å²) in [5, 5.41) is 17.1. The number of nitrogens with zero attached hydrogens (tertiary/aromatic N) is 3. The fraction of sp³-hybridized carbons (Fsp3) is 0.500. The number of benzene rings is 1. The number of anilines is 1. The number of pyridine rings is 1. The summed E-state index contributed by atoms with van der Waals surface area (Å²) in [6.07, 6.45) is 1.36. The summed E-state index contributed by atoms with van der Waals surface area (Å²) in [6.45, 7) is 9.28. The first-order valence-corrected chi connectivity index (χ1v) is 11.1. The van der Waals surface area contributed by atoms with Crippen molar-refractivity contribution >= 4 is 35.8 Å². The Labute approximate surface area is 208 Å². The van der Waals surface area contributed by atoms with E-state index in [-0.39, 0.29) is 37.1 Å². The zero-order chi connectivity index (χ0) is 22.1. The number of hydrogen-bond acceptors (Lipinski definition) is 5. The van der Waals surface area contributed by atoms with Gasteiger partial charge < -0.3 is 25.4 Å². The van der Waals surface area contributed by atoms with Gasteiger partial charge in [0, 0.05) is 31.4 Å². The number of aryl methyl sites for hydroxylation is 2. The molecule has 32 heavy (non-hydrogen) atoms. The molecule has 0 radical (unpaired) electrons. The number of halogens is 1. The van der Waals surface area contributed by atoms with Gasteiger partial charge in [0.2, 0.25) is 0 Å². The van der Waals surface area contributed by atoms with E-state index in [1.54, 1.807) is 0 Å². The van der Waals surface area contributed by atoms with Gasteiger partial charge in [-0.1, -0.05) is 18.2 Å². The number of hydrogen-bond donors (Lipinski definition) is 3. The summed E-state index contributed by atoms with van der Waals surface area (Å²) in [5.41, 5.74) is 2.18. The second-order valence-corrected chi connectivity index (χ2v) is 8.04. The number of aromatic nitrogens is 1. The Hall–Kier alpha value is -2.07. The molecule has 0 saturated carbocycles. The van der Waals surface area contributed by atoms with Crippen LogP contribution < -0.4 is 20.3 Å². The molecule has 0 amide bonds. The molecular weight excluding hydrogens is 517 g/mol. The van der Waals surface area contributed by atoms with Crippen molar-refractivity contribution in [3.8, 4) is 5.75 Å². The Balaban J connectivity index is 0.00000363. The quantitative estimate of drug-likeness (QED) is 0.265. The van der Waals surface area contributed by atoms with Crippen molar-refractivity contribution in [2.75, 3.05) is 37.7 Å². The Bertz CT molecular complexity index is 856. The lowest BCUT2D eigenvalue weighted by Gasteiger charge is -2.34. The van der Waals surface area contributed by atoms with Crippen molar-refractivity contribution in [1.29, 1.82) is 0 Å². The molecule has 1 aromatic heterocycles. The molecule has 0 aliphatic carbocycles. The van der Waals surface area contributed by atoms with E-state index >= 15 is 0 Å². The highest BCUT2D eigenvalue weighted by molar-refractivity contribution is 14.0. The minimum absolute atomic E-state index is 0. The Morgan fingerprint density at radius 2 is 1.97 bits per heavy atom. The third kappa shape index (κ3) is 8.46. The topological polar surface area (TPSA) is 82.0 Å². The van der Waals surface area contributed by atoms with E-state index in [4.69, 9.17) is 4.74 Å². The minimum Gasteiger partial charge on any atom is -0.491 e. The van der Waals surface area contributed by atoms with E-state index < -0.39 is 6.10 Å². The van der Waals surface area contributed by atoms with Crippen molar-refractivity contribution in [3.63, 3.8) is 0 Å². The van der Waals surface area contributed by atoms with Gasteiger partial charge in [-0.2, -0.15) is 0 Å². The first kappa shape index (κ1) is 26.2. The standard InChI is InChI=1S/C24H35N5O2.HI/c1-4-25-24(26-16-21(30)17-31-22-9-5-7-18(2)15-22)28-20-11-13-29(14-12-20)23-10-6-8-19(3)27-23;/h5-10,15,20-21,30H,4,11-14,16-17H2,1-3H3,(H2,25,26,28);1H.